The maximum atomic E-state index is 14.1. The number of carbonyl (C=O) groups excluding carboxylic acids is 3. The number of nitrogens with two attached hydrogens (primary N) is 1. The van der Waals surface area contributed by atoms with Crippen LogP contribution in [0.25, 0.3) is 33.4 Å². The highest BCUT2D eigenvalue weighted by Crippen LogP contribution is 2.47. The Labute approximate surface area is 532 Å². The van der Waals surface area contributed by atoms with Crippen molar-refractivity contribution in [3.63, 3.8) is 0 Å². The molecule has 3 aromatic carbocycles. The molecule has 484 valence electrons. The maximum Gasteiger partial charge on any atom is 0.301 e. The fraction of sp³-hybridized carbons (Fsp3) is 0.514. The lowest BCUT2D eigenvalue weighted by Gasteiger charge is -2.35. The van der Waals surface area contributed by atoms with Gasteiger partial charge in [0.05, 0.1) is 32.5 Å². The Bertz CT molecular complexity index is 3290. The molecular formula is C72H102N8O8S. The van der Waals surface area contributed by atoms with E-state index in [-0.39, 0.29) is 41.9 Å². The van der Waals surface area contributed by atoms with Crippen molar-refractivity contribution in [2.45, 2.75) is 148 Å². The number of carbonyl (C=O) groups is 3. The van der Waals surface area contributed by atoms with Crippen LogP contribution in [-0.4, -0.2) is 139 Å². The van der Waals surface area contributed by atoms with Gasteiger partial charge in [-0.25, -0.2) is 0 Å². The van der Waals surface area contributed by atoms with Crippen molar-refractivity contribution in [1.29, 1.82) is 0 Å². The highest BCUT2D eigenvalue weighted by molar-refractivity contribution is 7.87. The van der Waals surface area contributed by atoms with Gasteiger partial charge in [-0.05, 0) is 140 Å². The number of allylic oxidation sites excluding steroid dienone is 6. The van der Waals surface area contributed by atoms with Crippen molar-refractivity contribution >= 4 is 55.8 Å². The summed E-state index contributed by atoms with van der Waals surface area (Å²) in [6, 6.07) is 19.4. The number of fused-ring (bicyclic) bond motifs is 5. The van der Waals surface area contributed by atoms with Gasteiger partial charge >= 0.3 is 10.2 Å². The molecule has 3 fully saturated rings. The van der Waals surface area contributed by atoms with E-state index in [4.69, 9.17) is 19.9 Å². The van der Waals surface area contributed by atoms with E-state index in [1.165, 1.54) is 111 Å². The number of unbranched alkanes of at least 4 members (excludes halogenated alkanes) is 5. The number of ether oxygens (including phenoxy) is 3. The molecule has 3 amide bonds. The van der Waals surface area contributed by atoms with Gasteiger partial charge in [-0.1, -0.05) is 121 Å². The predicted molar refractivity (Wildman–Crippen MR) is 364 cm³/mol. The molecule has 16 nitrogen and oxygen atoms in total. The average Bonchev–Trinajstić information content (AvgIpc) is 1.67. The van der Waals surface area contributed by atoms with Gasteiger partial charge in [0.25, 0.3) is 5.91 Å². The predicted octanol–water partition coefficient (Wildman–Crippen LogP) is 12.3. The van der Waals surface area contributed by atoms with E-state index >= 15 is 0 Å². The monoisotopic (exact) mass is 1240 g/mol. The van der Waals surface area contributed by atoms with E-state index in [0.29, 0.717) is 81.6 Å². The molecule has 4 heterocycles. The van der Waals surface area contributed by atoms with Crippen LogP contribution >= 0.6 is 0 Å². The van der Waals surface area contributed by atoms with Crippen molar-refractivity contribution in [3.8, 4) is 17.0 Å². The second-order valence-electron chi connectivity index (χ2n) is 24.4. The molecule has 8 rings (SSSR count). The summed E-state index contributed by atoms with van der Waals surface area (Å²) >= 11 is 0. The second-order valence-corrected chi connectivity index (χ2v) is 26.3. The third-order valence-corrected chi connectivity index (χ3v) is 19.5. The molecule has 0 bridgehead atoms. The van der Waals surface area contributed by atoms with E-state index in [1.807, 2.05) is 54.5 Å². The Morgan fingerprint density at radius 2 is 1.54 bits per heavy atom. The molecule has 3 aliphatic heterocycles. The van der Waals surface area contributed by atoms with Gasteiger partial charge in [0.2, 0.25) is 11.8 Å². The Balaban J connectivity index is 0.000000260. The van der Waals surface area contributed by atoms with Crippen LogP contribution in [0, 0.1) is 5.92 Å². The SMILES string of the molecule is C=C(CC)c1ccc2c(C3CCCCC3)c3n(c2c1)CC(NC(=O)C1CCOCC1)Cc1cc(OC)ccc1-3.C=CC/C=C\C(=C/C/C=C(\CN(C)c1cc(C(=C)NS(=O)(=O)N(C)C)ccc1CCCCCCCC)C(=O)N1CCN(C(=O)CN)CC1)OC. The van der Waals surface area contributed by atoms with E-state index in [1.54, 1.807) is 30.1 Å². The molecule has 1 unspecified atom stereocenters. The van der Waals surface area contributed by atoms with Gasteiger partial charge < -0.3 is 44.5 Å². The number of aryl methyl sites for hydroxylation is 1. The molecule has 1 saturated carbocycles. The number of methoxy groups -OCH3 is 2. The van der Waals surface area contributed by atoms with Gasteiger partial charge in [0.15, 0.2) is 0 Å². The Morgan fingerprint density at radius 3 is 2.21 bits per heavy atom. The fourth-order valence-electron chi connectivity index (χ4n) is 12.7. The molecule has 2 saturated heterocycles. The highest BCUT2D eigenvalue weighted by Gasteiger charge is 2.34. The fourth-order valence-corrected chi connectivity index (χ4v) is 13.3. The molecule has 0 spiro atoms. The van der Waals surface area contributed by atoms with Crippen LogP contribution in [0.4, 0.5) is 5.69 Å². The van der Waals surface area contributed by atoms with Crippen molar-refractivity contribution < 1.29 is 37.0 Å². The zero-order valence-electron chi connectivity index (χ0n) is 54.5. The van der Waals surface area contributed by atoms with Gasteiger partial charge in [0.1, 0.15) is 11.5 Å². The number of aromatic nitrogens is 1. The Hall–Kier alpha value is -6.92. The Kier molecular flexibility index (Phi) is 26.8. The lowest BCUT2D eigenvalue weighted by Crippen LogP contribution is -2.52. The maximum absolute atomic E-state index is 14.1. The molecule has 89 heavy (non-hydrogen) atoms. The summed E-state index contributed by atoms with van der Waals surface area (Å²) in [5.41, 5.74) is 18.1. The molecule has 4 aliphatic rings. The van der Waals surface area contributed by atoms with E-state index in [9.17, 15) is 22.8 Å². The Morgan fingerprint density at radius 1 is 0.831 bits per heavy atom. The zero-order valence-corrected chi connectivity index (χ0v) is 55.3. The summed E-state index contributed by atoms with van der Waals surface area (Å²) < 4.78 is 48.1. The number of hydrogen-bond donors (Lipinski definition) is 3. The summed E-state index contributed by atoms with van der Waals surface area (Å²) in [5, 5.41) is 4.84. The summed E-state index contributed by atoms with van der Waals surface area (Å²) in [4.78, 5) is 45.2. The number of nitrogens with one attached hydrogen (secondary N) is 2. The first-order valence-electron chi connectivity index (χ1n) is 32.6. The normalized spacial score (nSPS) is 16.9. The van der Waals surface area contributed by atoms with Crippen LogP contribution in [0.3, 0.4) is 0 Å². The third kappa shape index (κ3) is 18.8. The van der Waals surface area contributed by atoms with Gasteiger partial charge in [-0.2, -0.15) is 12.7 Å². The lowest BCUT2D eigenvalue weighted by atomic mass is 9.81. The van der Waals surface area contributed by atoms with Crippen molar-refractivity contribution in [2.24, 2.45) is 11.7 Å². The number of amides is 3. The van der Waals surface area contributed by atoms with Crippen molar-refractivity contribution in [1.82, 2.24) is 28.7 Å². The number of likely N-dealkylation sites (N-methyl/N-ethyl adjacent to an activating group) is 1. The molecule has 17 heteroatoms. The number of rotatable bonds is 28. The van der Waals surface area contributed by atoms with Gasteiger partial charge in [0, 0.05) is 119 Å². The van der Waals surface area contributed by atoms with Crippen LogP contribution < -0.4 is 25.4 Å². The van der Waals surface area contributed by atoms with Crippen molar-refractivity contribution in [2.75, 3.05) is 92.7 Å². The van der Waals surface area contributed by atoms with E-state index in [2.05, 4.69) is 84.6 Å². The smallest absolute Gasteiger partial charge is 0.301 e. The van der Waals surface area contributed by atoms with E-state index < -0.39 is 10.2 Å². The topological polar surface area (TPSA) is 181 Å². The molecule has 1 atom stereocenters. The number of hydrogen-bond acceptors (Lipinski definition) is 10. The number of benzene rings is 3. The van der Waals surface area contributed by atoms with Gasteiger partial charge in [-0.15, -0.1) is 6.58 Å². The summed E-state index contributed by atoms with van der Waals surface area (Å²) in [6.07, 6.45) is 28.2. The molecule has 4 aromatic rings. The number of nitrogens with zero attached hydrogens (tertiary/aromatic N) is 5. The minimum atomic E-state index is -3.74. The minimum absolute atomic E-state index is 0.000268. The molecule has 1 aromatic heterocycles. The first-order valence-corrected chi connectivity index (χ1v) is 34.0. The first kappa shape index (κ1) is 69.6. The van der Waals surface area contributed by atoms with Crippen molar-refractivity contribution in [3.05, 3.63) is 144 Å². The average molecular weight is 1240 g/mol. The molecule has 1 aliphatic carbocycles. The zero-order chi connectivity index (χ0) is 64.0. The first-order chi connectivity index (χ1) is 42.9. The summed E-state index contributed by atoms with van der Waals surface area (Å²) in [5.74, 6) is 2.09. The summed E-state index contributed by atoms with van der Waals surface area (Å²) in [7, 11) is 4.47. The third-order valence-electron chi connectivity index (χ3n) is 18.0. The van der Waals surface area contributed by atoms with Crippen LogP contribution in [0.1, 0.15) is 150 Å². The highest BCUT2D eigenvalue weighted by atomic mass is 32.2. The van der Waals surface area contributed by atoms with Crippen LogP contribution in [0.15, 0.2) is 116 Å². The van der Waals surface area contributed by atoms with E-state index in [0.717, 1.165) is 78.4 Å². The largest absolute Gasteiger partial charge is 0.497 e. The van der Waals surface area contributed by atoms with Crippen LogP contribution in [0.2, 0.25) is 0 Å². The number of piperazine rings is 1. The summed E-state index contributed by atoms with van der Waals surface area (Å²) in [6.45, 7) is 20.5. The standard InChI is InChI=1S/C38H60N6O5S.C34H42N2O3/c1-8-10-12-13-14-16-18-32-22-23-33(31(3)40-50(47,48)41(4)5)28-36(32)42(6)30-34(19-17-21-35(49-7)20-15-11-9-2)38(46)44-26-24-43(25-27-44)37(45)29-39;1-4-22(2)25-10-12-30-31(20-25)36-21-27(35-34(37)24-14-16-39-17-15-24)18-26-19-28(38-3)11-13-29(26)33(36)32(30)23-8-6-5-7-9-23/h9,15,19-23,28,40H,2-3,8,10-14,16-18,24-27,29-30,39H2,1,4-7H3;10-13,19-20,23-24,27H,2,4-9,14-18,21H2,1,3H3,(H,35,37)/b20-15-,34-19+,35-21+;. The molecule has 4 N–H and O–H groups in total. The van der Waals surface area contributed by atoms with Crippen LogP contribution in [0.5, 0.6) is 5.75 Å². The lowest BCUT2D eigenvalue weighted by molar-refractivity contribution is -0.136. The number of anilines is 1. The minimum Gasteiger partial charge on any atom is -0.497 e. The molecular weight excluding hydrogens is 1140 g/mol. The molecule has 0 radical (unpaired) electrons. The van der Waals surface area contributed by atoms with Gasteiger partial charge in [-0.3, -0.25) is 19.1 Å². The van der Waals surface area contributed by atoms with Crippen LogP contribution in [-0.2, 0) is 53.5 Å². The quantitative estimate of drug-likeness (QED) is 0.0163. The second kappa shape index (κ2) is 34.3.